The highest BCUT2D eigenvalue weighted by molar-refractivity contribution is 6.31. The van der Waals surface area contributed by atoms with Gasteiger partial charge in [0.2, 0.25) is 5.91 Å². The Hall–Kier alpha value is -3.63. The second-order valence-electron chi connectivity index (χ2n) is 11.4. The van der Waals surface area contributed by atoms with E-state index < -0.39 is 58.3 Å². The monoisotopic (exact) mass is 534 g/mol. The Morgan fingerprint density at radius 1 is 1.13 bits per heavy atom. The minimum atomic E-state index is -2.66. The number of hydrogen-bond acceptors (Lipinski definition) is 9. The van der Waals surface area contributed by atoms with Gasteiger partial charge in [-0.25, -0.2) is 0 Å². The molecule has 2 aromatic rings. The zero-order valence-corrected chi connectivity index (χ0v) is 21.3. The molecule has 39 heavy (non-hydrogen) atoms. The SMILES string of the molecule is NC(=O)C1C(=O)C[C@@H]2C[C@@H]3Cc4c(-c5ccoc5)cc(CNC5CCCC5)c(O)c4C(=O)C3C(=O)[C@]2(O)C1=O. The lowest BCUT2D eigenvalue weighted by molar-refractivity contribution is -0.175. The van der Waals surface area contributed by atoms with E-state index in [0.717, 1.165) is 25.7 Å². The molecule has 0 radical (unpaired) electrons. The summed E-state index contributed by atoms with van der Waals surface area (Å²) >= 11 is 0. The molecule has 1 amide bonds. The number of aromatic hydroxyl groups is 1. The van der Waals surface area contributed by atoms with Crippen molar-refractivity contribution in [3.8, 4) is 16.9 Å². The Bertz CT molecular complexity index is 1410. The maximum atomic E-state index is 14.0. The molecular weight excluding hydrogens is 504 g/mol. The van der Waals surface area contributed by atoms with Crippen LogP contribution in [0.2, 0.25) is 0 Å². The molecule has 3 fully saturated rings. The second-order valence-corrected chi connectivity index (χ2v) is 11.4. The number of Topliss-reactive ketones (excluding diaryl/α,β-unsaturated/α-hetero) is 4. The van der Waals surface area contributed by atoms with Gasteiger partial charge in [0.05, 0.1) is 24.0 Å². The van der Waals surface area contributed by atoms with Gasteiger partial charge < -0.3 is 25.7 Å². The average Bonchev–Trinajstić information content (AvgIpc) is 3.60. The fraction of sp³-hybridized carbons (Fsp3) is 0.483. The molecule has 6 rings (SSSR count). The first kappa shape index (κ1) is 25.6. The van der Waals surface area contributed by atoms with Crippen molar-refractivity contribution in [1.29, 1.82) is 0 Å². The number of nitrogens with one attached hydrogen (secondary N) is 1. The summed E-state index contributed by atoms with van der Waals surface area (Å²) in [6.07, 6.45) is 7.28. The minimum absolute atomic E-state index is 0.000594. The number of carbonyl (C=O) groups is 5. The molecule has 0 saturated heterocycles. The average molecular weight is 535 g/mol. The number of nitrogens with two attached hydrogens (primary N) is 1. The molecular formula is C29H30N2O8. The van der Waals surface area contributed by atoms with Gasteiger partial charge in [0.25, 0.3) is 0 Å². The molecule has 0 bridgehead atoms. The molecule has 3 saturated carbocycles. The molecule has 1 heterocycles. The normalized spacial score (nSPS) is 30.7. The lowest BCUT2D eigenvalue weighted by atomic mass is 9.53. The first-order valence-corrected chi connectivity index (χ1v) is 13.4. The number of phenols is 1. The maximum Gasteiger partial charge on any atom is 0.235 e. The lowest BCUT2D eigenvalue weighted by Gasteiger charge is -2.48. The Morgan fingerprint density at radius 2 is 1.87 bits per heavy atom. The summed E-state index contributed by atoms with van der Waals surface area (Å²) in [5.41, 5.74) is 5.06. The number of amides is 1. The number of ketones is 4. The van der Waals surface area contributed by atoms with Gasteiger partial charge in [0.15, 0.2) is 34.7 Å². The van der Waals surface area contributed by atoms with Crippen LogP contribution in [0.5, 0.6) is 5.75 Å². The number of primary amides is 1. The van der Waals surface area contributed by atoms with E-state index >= 15 is 0 Å². The molecule has 1 aromatic heterocycles. The maximum absolute atomic E-state index is 14.0. The Labute approximate surface area is 223 Å². The van der Waals surface area contributed by atoms with Gasteiger partial charge in [-0.15, -0.1) is 0 Å². The van der Waals surface area contributed by atoms with Crippen LogP contribution in [-0.4, -0.2) is 50.9 Å². The summed E-state index contributed by atoms with van der Waals surface area (Å²) in [5, 5.41) is 26.2. The van der Waals surface area contributed by atoms with Gasteiger partial charge in [-0.1, -0.05) is 12.8 Å². The number of furan rings is 1. The smallest absolute Gasteiger partial charge is 0.235 e. The Morgan fingerprint density at radius 3 is 2.54 bits per heavy atom. The van der Waals surface area contributed by atoms with E-state index in [1.165, 1.54) is 6.26 Å². The third-order valence-corrected chi connectivity index (χ3v) is 9.25. The van der Waals surface area contributed by atoms with Crippen LogP contribution >= 0.6 is 0 Å². The summed E-state index contributed by atoms with van der Waals surface area (Å²) in [4.78, 5) is 65.3. The summed E-state index contributed by atoms with van der Waals surface area (Å²) in [6.45, 7) is 0.316. The number of hydrogen-bond donors (Lipinski definition) is 4. The third kappa shape index (κ3) is 3.80. The van der Waals surface area contributed by atoms with Crippen LogP contribution in [0.1, 0.15) is 60.0 Å². The molecule has 5 N–H and O–H groups in total. The van der Waals surface area contributed by atoms with Crippen LogP contribution in [-0.2, 0) is 32.1 Å². The van der Waals surface area contributed by atoms with Gasteiger partial charge >= 0.3 is 0 Å². The number of aliphatic hydroxyl groups is 1. The van der Waals surface area contributed by atoms with Crippen molar-refractivity contribution >= 4 is 29.0 Å². The molecule has 0 aliphatic heterocycles. The molecule has 10 nitrogen and oxygen atoms in total. The van der Waals surface area contributed by atoms with Crippen LogP contribution < -0.4 is 11.1 Å². The zero-order valence-electron chi connectivity index (χ0n) is 21.3. The van der Waals surface area contributed by atoms with Crippen LogP contribution in [0.15, 0.2) is 29.1 Å². The summed E-state index contributed by atoms with van der Waals surface area (Å²) in [7, 11) is 0. The predicted molar refractivity (Wildman–Crippen MR) is 135 cm³/mol. The molecule has 4 aliphatic rings. The van der Waals surface area contributed by atoms with E-state index in [-0.39, 0.29) is 30.6 Å². The van der Waals surface area contributed by atoms with Crippen LogP contribution in [0.25, 0.3) is 11.1 Å². The van der Waals surface area contributed by atoms with Crippen molar-refractivity contribution in [1.82, 2.24) is 5.32 Å². The molecule has 2 unspecified atom stereocenters. The summed E-state index contributed by atoms with van der Waals surface area (Å²) in [5.74, 6) is -10.1. The first-order chi connectivity index (χ1) is 18.6. The lowest BCUT2D eigenvalue weighted by Crippen LogP contribution is -2.68. The summed E-state index contributed by atoms with van der Waals surface area (Å²) < 4.78 is 5.30. The number of fused-ring (bicyclic) bond motifs is 3. The van der Waals surface area contributed by atoms with Gasteiger partial charge in [0, 0.05) is 36.1 Å². The quantitative estimate of drug-likeness (QED) is 0.415. The summed E-state index contributed by atoms with van der Waals surface area (Å²) in [6, 6.07) is 3.90. The topological polar surface area (TPSA) is 177 Å². The van der Waals surface area contributed by atoms with Gasteiger partial charge in [0.1, 0.15) is 5.75 Å². The minimum Gasteiger partial charge on any atom is -0.507 e. The number of phenolic OH excluding ortho intramolecular Hbond substituents is 1. The highest BCUT2D eigenvalue weighted by atomic mass is 16.3. The van der Waals surface area contributed by atoms with E-state index in [1.54, 1.807) is 12.3 Å². The highest BCUT2D eigenvalue weighted by Gasteiger charge is 2.66. The molecule has 1 aromatic carbocycles. The molecule has 0 spiro atoms. The zero-order chi connectivity index (χ0) is 27.6. The Balaban J connectivity index is 1.43. The van der Waals surface area contributed by atoms with Crippen LogP contribution in [0.4, 0.5) is 0 Å². The van der Waals surface area contributed by atoms with Crippen molar-refractivity contribution in [2.75, 3.05) is 0 Å². The molecule has 4 aliphatic carbocycles. The van der Waals surface area contributed by atoms with E-state index in [9.17, 15) is 34.2 Å². The largest absolute Gasteiger partial charge is 0.507 e. The van der Waals surface area contributed by atoms with Crippen LogP contribution in [0.3, 0.4) is 0 Å². The fourth-order valence-corrected chi connectivity index (χ4v) is 7.28. The fourth-order valence-electron chi connectivity index (χ4n) is 7.28. The van der Waals surface area contributed by atoms with Crippen molar-refractivity contribution < 1.29 is 38.6 Å². The van der Waals surface area contributed by atoms with Crippen molar-refractivity contribution in [3.05, 3.63) is 41.3 Å². The first-order valence-electron chi connectivity index (χ1n) is 13.4. The Kier molecular flexibility index (Phi) is 6.07. The second kappa shape index (κ2) is 9.24. The molecule has 5 atom stereocenters. The highest BCUT2D eigenvalue weighted by Crippen LogP contribution is 2.51. The van der Waals surface area contributed by atoms with Crippen molar-refractivity contribution in [2.45, 2.75) is 63.1 Å². The molecule has 204 valence electrons. The van der Waals surface area contributed by atoms with E-state index in [0.29, 0.717) is 34.8 Å². The van der Waals surface area contributed by atoms with Crippen LogP contribution in [0, 0.1) is 23.7 Å². The number of benzene rings is 1. The predicted octanol–water partition coefficient (Wildman–Crippen LogP) is 1.62. The van der Waals surface area contributed by atoms with Crippen molar-refractivity contribution in [2.24, 2.45) is 29.4 Å². The van der Waals surface area contributed by atoms with Gasteiger partial charge in [-0.05, 0) is 54.9 Å². The standard InChI is InChI=1S/C29H30N2O8/c30-28(37)23-20(32)10-16-7-14-8-19-18(13-5-6-39-12-13)9-15(11-31-17-3-1-2-4-17)24(33)22(19)25(34)21(14)26(35)29(16,38)27(23)36/h5-6,9,12,14,16-17,21,23,31,33,38H,1-4,7-8,10-11H2,(H2,30,37)/t14-,16+,21?,23?,29+/m1/s1. The van der Waals surface area contributed by atoms with E-state index in [1.807, 2.05) is 6.07 Å². The van der Waals surface area contributed by atoms with E-state index in [2.05, 4.69) is 5.32 Å². The van der Waals surface area contributed by atoms with E-state index in [4.69, 9.17) is 10.2 Å². The number of rotatable bonds is 5. The van der Waals surface area contributed by atoms with Gasteiger partial charge in [-0.3, -0.25) is 24.0 Å². The third-order valence-electron chi connectivity index (χ3n) is 9.25. The van der Waals surface area contributed by atoms with Gasteiger partial charge in [-0.2, -0.15) is 0 Å². The van der Waals surface area contributed by atoms with Crippen molar-refractivity contribution in [3.63, 3.8) is 0 Å². The molecule has 10 heteroatoms. The number of carbonyl (C=O) groups excluding carboxylic acids is 5.